The molecule has 0 saturated carbocycles. The van der Waals surface area contributed by atoms with Crippen LogP contribution < -0.4 is 10.2 Å². The quantitative estimate of drug-likeness (QED) is 0.169. The fourth-order valence-corrected chi connectivity index (χ4v) is 4.59. The number of hydrogen-bond donors (Lipinski definition) is 3. The van der Waals surface area contributed by atoms with Crippen molar-refractivity contribution in [3.05, 3.63) is 126 Å². The first-order valence-corrected chi connectivity index (χ1v) is 12.5. The molecule has 5 aromatic carbocycles. The summed E-state index contributed by atoms with van der Waals surface area (Å²) in [6.45, 7) is 0.395. The van der Waals surface area contributed by atoms with Gasteiger partial charge in [-0.1, -0.05) is 84.9 Å². The minimum Gasteiger partial charge on any atom is -0.507 e. The van der Waals surface area contributed by atoms with E-state index in [9.17, 15) is 9.90 Å². The molecule has 0 fully saturated rings. The molecule has 7 heteroatoms. The second kappa shape index (κ2) is 10.5. The lowest BCUT2D eigenvalue weighted by atomic mass is 10.0. The first-order valence-electron chi connectivity index (χ1n) is 12.5. The van der Waals surface area contributed by atoms with Crippen molar-refractivity contribution < 1.29 is 14.6 Å². The van der Waals surface area contributed by atoms with Crippen molar-refractivity contribution in [3.63, 3.8) is 0 Å². The number of ether oxygens (including phenoxy) is 1. The zero-order valence-corrected chi connectivity index (χ0v) is 20.8. The number of rotatable bonds is 7. The second-order valence-corrected chi connectivity index (χ2v) is 9.01. The van der Waals surface area contributed by atoms with Gasteiger partial charge < -0.3 is 9.84 Å². The Bertz CT molecular complexity index is 1840. The van der Waals surface area contributed by atoms with E-state index in [2.05, 4.69) is 45.0 Å². The maximum Gasteiger partial charge on any atom is 0.289 e. The average Bonchev–Trinajstić information content (AvgIpc) is 3.48. The molecule has 0 bridgehead atoms. The van der Waals surface area contributed by atoms with Gasteiger partial charge in [0.05, 0.1) is 11.9 Å². The van der Waals surface area contributed by atoms with Crippen LogP contribution in [0, 0.1) is 0 Å². The van der Waals surface area contributed by atoms with Gasteiger partial charge in [0.1, 0.15) is 23.8 Å². The summed E-state index contributed by atoms with van der Waals surface area (Å²) >= 11 is 0. The number of carbonyl (C=O) groups excluding carboxylic acids is 1. The van der Waals surface area contributed by atoms with Crippen LogP contribution in [0.25, 0.3) is 32.8 Å². The molecule has 7 nitrogen and oxygen atoms in total. The van der Waals surface area contributed by atoms with Gasteiger partial charge >= 0.3 is 0 Å². The molecule has 1 heterocycles. The van der Waals surface area contributed by atoms with Gasteiger partial charge in [-0.2, -0.15) is 10.2 Å². The lowest BCUT2D eigenvalue weighted by molar-refractivity contribution is 0.0950. The maximum absolute atomic E-state index is 12.8. The fourth-order valence-electron chi connectivity index (χ4n) is 4.59. The molecule has 0 spiro atoms. The molecule has 0 aliphatic carbocycles. The minimum absolute atomic E-state index is 0.0793. The molecule has 39 heavy (non-hydrogen) atoms. The van der Waals surface area contributed by atoms with Crippen molar-refractivity contribution in [2.45, 2.75) is 6.61 Å². The Labute approximate surface area is 224 Å². The van der Waals surface area contributed by atoms with E-state index in [0.717, 1.165) is 32.7 Å². The molecule has 190 valence electrons. The van der Waals surface area contributed by atoms with E-state index in [1.165, 1.54) is 6.21 Å². The van der Waals surface area contributed by atoms with E-state index in [0.29, 0.717) is 23.6 Å². The fraction of sp³-hybridized carbons (Fsp3) is 0.0312. The summed E-state index contributed by atoms with van der Waals surface area (Å²) in [6.07, 6.45) is 1.43. The van der Waals surface area contributed by atoms with Crippen LogP contribution in [0.1, 0.15) is 21.6 Å². The van der Waals surface area contributed by atoms with E-state index >= 15 is 0 Å². The van der Waals surface area contributed by atoms with Crippen LogP contribution >= 0.6 is 0 Å². The summed E-state index contributed by atoms with van der Waals surface area (Å²) in [4.78, 5) is 12.8. The Morgan fingerprint density at radius 3 is 2.46 bits per heavy atom. The summed E-state index contributed by atoms with van der Waals surface area (Å²) < 4.78 is 6.21. The Morgan fingerprint density at radius 1 is 0.872 bits per heavy atom. The van der Waals surface area contributed by atoms with Crippen molar-refractivity contribution in [1.82, 2.24) is 15.6 Å². The number of phenolic OH excluding ortho intramolecular Hbond substituents is 1. The van der Waals surface area contributed by atoms with Gasteiger partial charge in [-0.15, -0.1) is 0 Å². The number of aromatic nitrogens is 2. The lowest BCUT2D eigenvalue weighted by Gasteiger charge is -2.12. The topological polar surface area (TPSA) is 99.6 Å². The molecule has 0 unspecified atom stereocenters. The molecule has 1 amide bonds. The third-order valence-corrected chi connectivity index (χ3v) is 6.56. The Kier molecular flexibility index (Phi) is 6.45. The number of benzene rings is 5. The van der Waals surface area contributed by atoms with Gasteiger partial charge in [0.15, 0.2) is 0 Å². The number of para-hydroxylation sites is 1. The smallest absolute Gasteiger partial charge is 0.289 e. The van der Waals surface area contributed by atoms with E-state index < -0.39 is 5.91 Å². The number of nitrogens with zero attached hydrogens (tertiary/aromatic N) is 2. The van der Waals surface area contributed by atoms with Crippen LogP contribution in [-0.4, -0.2) is 27.4 Å². The van der Waals surface area contributed by atoms with Crippen molar-refractivity contribution >= 4 is 33.7 Å². The van der Waals surface area contributed by atoms with Gasteiger partial charge in [-0.05, 0) is 51.4 Å². The zero-order chi connectivity index (χ0) is 26.6. The predicted octanol–water partition coefficient (Wildman–Crippen LogP) is 6.43. The maximum atomic E-state index is 12.8. The number of aromatic hydroxyl groups is 1. The third kappa shape index (κ3) is 4.93. The molecule has 6 aromatic rings. The Balaban J connectivity index is 1.18. The lowest BCUT2D eigenvalue weighted by Crippen LogP contribution is -2.18. The minimum atomic E-state index is -0.459. The van der Waals surface area contributed by atoms with Gasteiger partial charge in [0.2, 0.25) is 0 Å². The van der Waals surface area contributed by atoms with Crippen LogP contribution in [0.3, 0.4) is 0 Å². The van der Waals surface area contributed by atoms with E-state index in [1.807, 2.05) is 72.8 Å². The summed E-state index contributed by atoms with van der Waals surface area (Å²) in [5, 5.41) is 25.6. The molecule has 3 N–H and O–H groups in total. The molecular formula is C32H24N4O3. The molecule has 6 rings (SSSR count). The summed E-state index contributed by atoms with van der Waals surface area (Å²) in [5.41, 5.74) is 5.69. The van der Waals surface area contributed by atoms with Crippen molar-refractivity contribution in [2.24, 2.45) is 5.10 Å². The third-order valence-electron chi connectivity index (χ3n) is 6.56. The van der Waals surface area contributed by atoms with Crippen LogP contribution in [-0.2, 0) is 6.61 Å². The highest BCUT2D eigenvalue weighted by atomic mass is 16.5. The number of amides is 1. The molecule has 0 aliphatic rings. The van der Waals surface area contributed by atoms with E-state index in [4.69, 9.17) is 4.74 Å². The molecule has 0 atom stereocenters. The van der Waals surface area contributed by atoms with Crippen LogP contribution in [0.15, 0.2) is 114 Å². The van der Waals surface area contributed by atoms with Crippen LogP contribution in [0.4, 0.5) is 0 Å². The first kappa shape index (κ1) is 23.9. The van der Waals surface area contributed by atoms with Crippen molar-refractivity contribution in [1.29, 1.82) is 0 Å². The van der Waals surface area contributed by atoms with Gasteiger partial charge in [0, 0.05) is 11.1 Å². The molecular weight excluding hydrogens is 488 g/mol. The van der Waals surface area contributed by atoms with E-state index in [1.54, 1.807) is 12.1 Å². The molecule has 1 aromatic heterocycles. The highest BCUT2D eigenvalue weighted by Crippen LogP contribution is 2.30. The van der Waals surface area contributed by atoms with E-state index in [-0.39, 0.29) is 11.4 Å². The summed E-state index contributed by atoms with van der Waals surface area (Å²) in [6, 6.07) is 34.7. The predicted molar refractivity (Wildman–Crippen MR) is 153 cm³/mol. The number of hydrazone groups is 1. The highest BCUT2D eigenvalue weighted by molar-refractivity contribution is 6.03. The largest absolute Gasteiger partial charge is 0.507 e. The number of phenols is 1. The normalized spacial score (nSPS) is 11.3. The van der Waals surface area contributed by atoms with Crippen molar-refractivity contribution in [2.75, 3.05) is 0 Å². The standard InChI is InChI=1S/C32H24N4O3/c37-30-17-16-22-9-2-4-13-25(22)27(30)19-33-36-32(38)29-18-28(34-35-29)26-14-5-6-15-31(26)39-20-23-11-7-10-21-8-1-3-12-24(21)23/h1-19,37H,20H2,(H,34,35)(H,36,38)/b33-19+. The molecule has 0 aliphatic heterocycles. The van der Waals surface area contributed by atoms with Gasteiger partial charge in [0.25, 0.3) is 5.91 Å². The van der Waals surface area contributed by atoms with Crippen LogP contribution in [0.2, 0.25) is 0 Å². The first-order chi connectivity index (χ1) is 19.2. The number of carbonyl (C=O) groups is 1. The molecule has 0 radical (unpaired) electrons. The van der Waals surface area contributed by atoms with Gasteiger partial charge in [-0.3, -0.25) is 9.89 Å². The second-order valence-electron chi connectivity index (χ2n) is 9.01. The summed E-state index contributed by atoms with van der Waals surface area (Å²) in [5.74, 6) is 0.280. The highest BCUT2D eigenvalue weighted by Gasteiger charge is 2.14. The number of fused-ring (bicyclic) bond motifs is 2. The monoisotopic (exact) mass is 512 g/mol. The zero-order valence-electron chi connectivity index (χ0n) is 20.8. The Hall–Kier alpha value is -5.43. The SMILES string of the molecule is O=C(N/N=C/c1c(O)ccc2ccccc12)c1cc(-c2ccccc2OCc2cccc3ccccc23)n[nH]1. The number of aromatic amines is 1. The van der Waals surface area contributed by atoms with Gasteiger partial charge in [-0.25, -0.2) is 5.43 Å². The van der Waals surface area contributed by atoms with Crippen LogP contribution in [0.5, 0.6) is 11.5 Å². The molecule has 0 saturated heterocycles. The van der Waals surface area contributed by atoms with Crippen molar-refractivity contribution in [3.8, 4) is 22.8 Å². The number of nitrogens with one attached hydrogen (secondary N) is 2. The summed E-state index contributed by atoms with van der Waals surface area (Å²) in [7, 11) is 0. The number of H-pyrrole nitrogens is 1. The average molecular weight is 513 g/mol. The number of hydrogen-bond acceptors (Lipinski definition) is 5. The Morgan fingerprint density at radius 2 is 1.59 bits per heavy atom.